The fourth-order valence-corrected chi connectivity index (χ4v) is 1.87. The summed E-state index contributed by atoms with van der Waals surface area (Å²) in [5, 5.41) is 0. The maximum absolute atomic E-state index is 5.82. The van der Waals surface area contributed by atoms with Gasteiger partial charge in [0.1, 0.15) is 5.75 Å². The summed E-state index contributed by atoms with van der Waals surface area (Å²) in [4.78, 5) is 2.35. The van der Waals surface area contributed by atoms with Crippen molar-refractivity contribution in [3.05, 3.63) is 29.3 Å². The van der Waals surface area contributed by atoms with Crippen molar-refractivity contribution in [3.8, 4) is 5.75 Å². The minimum absolute atomic E-state index is 0.804. The van der Waals surface area contributed by atoms with Crippen LogP contribution in [0.2, 0.25) is 0 Å². The van der Waals surface area contributed by atoms with Gasteiger partial charge >= 0.3 is 0 Å². The third-order valence-corrected chi connectivity index (χ3v) is 2.89. The molecule has 0 radical (unpaired) electrons. The van der Waals surface area contributed by atoms with Gasteiger partial charge in [0.25, 0.3) is 0 Å². The lowest BCUT2D eigenvalue weighted by Gasteiger charge is -2.16. The molecule has 0 aliphatic carbocycles. The summed E-state index contributed by atoms with van der Waals surface area (Å²) in [6.45, 7) is 9.49. The summed E-state index contributed by atoms with van der Waals surface area (Å²) in [6, 6.07) is 6.36. The first kappa shape index (κ1) is 14.0. The van der Waals surface area contributed by atoms with E-state index in [4.69, 9.17) is 4.74 Å². The number of aryl methyl sites for hydroxylation is 2. The second kappa shape index (κ2) is 7.33. The van der Waals surface area contributed by atoms with E-state index in [2.05, 4.69) is 50.9 Å². The van der Waals surface area contributed by atoms with Gasteiger partial charge in [0.15, 0.2) is 0 Å². The third-order valence-electron chi connectivity index (χ3n) is 2.89. The molecule has 0 heterocycles. The molecule has 0 aliphatic rings. The van der Waals surface area contributed by atoms with Crippen molar-refractivity contribution >= 4 is 0 Å². The van der Waals surface area contributed by atoms with Gasteiger partial charge in [-0.15, -0.1) is 0 Å². The van der Waals surface area contributed by atoms with Crippen LogP contribution < -0.4 is 4.74 Å². The Morgan fingerprint density at radius 3 is 2.65 bits per heavy atom. The third kappa shape index (κ3) is 5.22. The second-order valence-corrected chi connectivity index (χ2v) is 4.77. The molecule has 1 rings (SSSR count). The molecule has 2 heteroatoms. The molecule has 0 saturated carbocycles. The highest BCUT2D eigenvalue weighted by atomic mass is 16.5. The van der Waals surface area contributed by atoms with Gasteiger partial charge in [-0.05, 0) is 57.5 Å². The summed E-state index contributed by atoms with van der Waals surface area (Å²) in [6.07, 6.45) is 2.30. The lowest BCUT2D eigenvalue weighted by atomic mass is 10.1. The van der Waals surface area contributed by atoms with Crippen LogP contribution in [0.5, 0.6) is 5.75 Å². The van der Waals surface area contributed by atoms with Crippen LogP contribution in [-0.2, 0) is 0 Å². The maximum atomic E-state index is 5.82. The van der Waals surface area contributed by atoms with E-state index in [0.29, 0.717) is 0 Å². The van der Waals surface area contributed by atoms with Gasteiger partial charge in [-0.2, -0.15) is 0 Å². The molecule has 0 unspecified atom stereocenters. The Morgan fingerprint density at radius 2 is 1.94 bits per heavy atom. The molecule has 0 atom stereocenters. The van der Waals surface area contributed by atoms with E-state index >= 15 is 0 Å². The molecule has 17 heavy (non-hydrogen) atoms. The molecule has 1 aromatic carbocycles. The molecule has 1 aromatic rings. The normalized spacial score (nSPS) is 10.9. The summed E-state index contributed by atoms with van der Waals surface area (Å²) in [5.74, 6) is 1.03. The summed E-state index contributed by atoms with van der Waals surface area (Å²) < 4.78 is 5.82. The minimum Gasteiger partial charge on any atom is -0.493 e. The Bertz CT molecular complexity index is 336. The molecule has 0 N–H and O–H groups in total. The van der Waals surface area contributed by atoms with Crippen LogP contribution in [0.15, 0.2) is 18.2 Å². The number of ether oxygens (including phenoxy) is 1. The lowest BCUT2D eigenvalue weighted by Crippen LogP contribution is -2.21. The van der Waals surface area contributed by atoms with Crippen molar-refractivity contribution in [1.29, 1.82) is 0 Å². The van der Waals surface area contributed by atoms with Crippen LogP contribution in [0, 0.1) is 13.8 Å². The molecule has 0 aliphatic heterocycles. The molecule has 0 saturated heterocycles. The van der Waals surface area contributed by atoms with Gasteiger partial charge in [0.2, 0.25) is 0 Å². The molecule has 2 nitrogen and oxygen atoms in total. The van der Waals surface area contributed by atoms with Crippen molar-refractivity contribution in [1.82, 2.24) is 4.90 Å². The topological polar surface area (TPSA) is 12.5 Å². The Morgan fingerprint density at radius 1 is 1.18 bits per heavy atom. The number of hydrogen-bond donors (Lipinski definition) is 0. The van der Waals surface area contributed by atoms with E-state index in [9.17, 15) is 0 Å². The summed E-state index contributed by atoms with van der Waals surface area (Å²) >= 11 is 0. The Hall–Kier alpha value is -1.02. The van der Waals surface area contributed by atoms with E-state index in [1.165, 1.54) is 24.1 Å². The van der Waals surface area contributed by atoms with Crippen LogP contribution in [0.4, 0.5) is 0 Å². The van der Waals surface area contributed by atoms with Gasteiger partial charge in [0, 0.05) is 6.54 Å². The molecular formula is C15H25NO. The second-order valence-electron chi connectivity index (χ2n) is 4.77. The first-order valence-electron chi connectivity index (χ1n) is 6.52. The van der Waals surface area contributed by atoms with Crippen LogP contribution >= 0.6 is 0 Å². The largest absolute Gasteiger partial charge is 0.493 e. The monoisotopic (exact) mass is 235 g/mol. The lowest BCUT2D eigenvalue weighted by molar-refractivity contribution is 0.262. The van der Waals surface area contributed by atoms with Gasteiger partial charge < -0.3 is 9.64 Å². The van der Waals surface area contributed by atoms with Gasteiger partial charge in [-0.25, -0.2) is 0 Å². The number of hydrogen-bond acceptors (Lipinski definition) is 2. The Balaban J connectivity index is 2.28. The summed E-state index contributed by atoms with van der Waals surface area (Å²) in [5.41, 5.74) is 2.48. The highest BCUT2D eigenvalue weighted by Crippen LogP contribution is 2.19. The number of benzene rings is 1. The highest BCUT2D eigenvalue weighted by Gasteiger charge is 2.00. The Labute approximate surface area is 106 Å². The first-order chi connectivity index (χ1) is 8.13. The van der Waals surface area contributed by atoms with Crippen LogP contribution in [0.25, 0.3) is 0 Å². The molecule has 0 bridgehead atoms. The molecule has 0 amide bonds. The maximum Gasteiger partial charge on any atom is 0.122 e. The fraction of sp³-hybridized carbons (Fsp3) is 0.600. The van der Waals surface area contributed by atoms with Gasteiger partial charge in [0.05, 0.1) is 6.61 Å². The number of rotatable bonds is 7. The van der Waals surface area contributed by atoms with E-state index in [1.54, 1.807) is 0 Å². The van der Waals surface area contributed by atoms with Crippen LogP contribution in [0.1, 0.15) is 30.9 Å². The quantitative estimate of drug-likeness (QED) is 0.671. The van der Waals surface area contributed by atoms with E-state index in [0.717, 1.165) is 25.3 Å². The van der Waals surface area contributed by atoms with Gasteiger partial charge in [-0.3, -0.25) is 0 Å². The predicted molar refractivity (Wildman–Crippen MR) is 73.8 cm³/mol. The highest BCUT2D eigenvalue weighted by molar-refractivity contribution is 5.35. The first-order valence-corrected chi connectivity index (χ1v) is 6.52. The van der Waals surface area contributed by atoms with Crippen LogP contribution in [0.3, 0.4) is 0 Å². The average molecular weight is 235 g/mol. The van der Waals surface area contributed by atoms with E-state index in [-0.39, 0.29) is 0 Å². The van der Waals surface area contributed by atoms with Gasteiger partial charge in [-0.1, -0.05) is 19.1 Å². The molecule has 0 fully saturated rings. The van der Waals surface area contributed by atoms with E-state index < -0.39 is 0 Å². The van der Waals surface area contributed by atoms with Crippen molar-refractivity contribution < 1.29 is 4.74 Å². The molecule has 0 spiro atoms. The van der Waals surface area contributed by atoms with E-state index in [1.807, 2.05) is 0 Å². The number of nitrogens with zero attached hydrogens (tertiary/aromatic N) is 1. The Kier molecular flexibility index (Phi) is 6.06. The standard InChI is InChI=1S/C15H25NO/c1-5-9-16(4)10-6-11-17-15-12-13(2)7-8-14(15)3/h7-8,12H,5-6,9-11H2,1-4H3. The molecule has 0 aromatic heterocycles. The van der Waals surface area contributed by atoms with Crippen LogP contribution in [-0.4, -0.2) is 31.6 Å². The summed E-state index contributed by atoms with van der Waals surface area (Å²) in [7, 11) is 2.17. The smallest absolute Gasteiger partial charge is 0.122 e. The van der Waals surface area contributed by atoms with Crippen molar-refractivity contribution in [3.63, 3.8) is 0 Å². The fourth-order valence-electron chi connectivity index (χ4n) is 1.87. The zero-order valence-electron chi connectivity index (χ0n) is 11.6. The SMILES string of the molecule is CCCN(C)CCCOc1cc(C)ccc1C. The molecular weight excluding hydrogens is 210 g/mol. The van der Waals surface area contributed by atoms with Crippen molar-refractivity contribution in [2.45, 2.75) is 33.6 Å². The predicted octanol–water partition coefficient (Wildman–Crippen LogP) is 3.41. The molecule has 96 valence electrons. The zero-order chi connectivity index (χ0) is 12.7. The average Bonchev–Trinajstić information content (AvgIpc) is 2.29. The van der Waals surface area contributed by atoms with Crippen molar-refractivity contribution in [2.75, 3.05) is 26.7 Å². The zero-order valence-corrected chi connectivity index (χ0v) is 11.6. The van der Waals surface area contributed by atoms with Crippen molar-refractivity contribution in [2.24, 2.45) is 0 Å². The minimum atomic E-state index is 0.804.